The number of methoxy groups -OCH3 is 1. The number of fused-ring (bicyclic) bond motifs is 1. The number of nitriles is 1. The first-order chi connectivity index (χ1) is 16.9. The Labute approximate surface area is 226 Å². The number of thiazole rings is 1. The summed E-state index contributed by atoms with van der Waals surface area (Å²) in [5.74, 6) is -0.469. The minimum absolute atomic E-state index is 0. The molecular formula is C25H20BrClFN5O2S. The Morgan fingerprint density at radius 2 is 2.17 bits per heavy atom. The van der Waals surface area contributed by atoms with E-state index in [-0.39, 0.29) is 33.5 Å². The molecule has 2 N–H and O–H groups in total. The fraction of sp³-hybridized carbons (Fsp3) is 0.120. The van der Waals surface area contributed by atoms with Crippen molar-refractivity contribution < 1.29 is 35.5 Å². The number of benzene rings is 2. The number of allylic oxidation sites excluding steroid dienone is 1. The van der Waals surface area contributed by atoms with E-state index in [1.807, 2.05) is 22.4 Å². The molecule has 0 bridgehead atoms. The third-order valence-corrected chi connectivity index (χ3v) is 6.35. The van der Waals surface area contributed by atoms with E-state index < -0.39 is 5.82 Å². The predicted octanol–water partition coefficient (Wildman–Crippen LogP) is 2.51. The third-order valence-electron chi connectivity index (χ3n) is 5.21. The third kappa shape index (κ3) is 5.99. The van der Waals surface area contributed by atoms with Gasteiger partial charge in [0.05, 0.1) is 40.0 Å². The molecule has 2 aromatic carbocycles. The summed E-state index contributed by atoms with van der Waals surface area (Å²) in [7, 11) is 1.49. The molecule has 0 saturated carbocycles. The standard InChI is InChI=1S/C25H19ClFN5O2S.BrH/c1-15-13-35-14-32(15)7-3-4-24(33)31-22-9-18-21(10-23(22)34-2)29-12-16(11-28)25(18)30-17-5-6-20(27)19(26)8-17;/h3-6,8-10,12-14H,7H2,1-2H3,(H-,29,30,31,33);1H/b4-3+;. The summed E-state index contributed by atoms with van der Waals surface area (Å²) in [4.78, 5) is 16.9. The molecule has 184 valence electrons. The molecule has 4 rings (SSSR count). The van der Waals surface area contributed by atoms with Crippen LogP contribution in [0.4, 0.5) is 21.5 Å². The van der Waals surface area contributed by atoms with Gasteiger partial charge in [0, 0.05) is 36.3 Å². The van der Waals surface area contributed by atoms with Crippen LogP contribution in [0.25, 0.3) is 10.9 Å². The molecule has 4 aromatic rings. The van der Waals surface area contributed by atoms with Crippen LogP contribution in [-0.4, -0.2) is 18.0 Å². The van der Waals surface area contributed by atoms with Crippen LogP contribution in [0, 0.1) is 24.1 Å². The van der Waals surface area contributed by atoms with Crippen LogP contribution in [0.1, 0.15) is 11.3 Å². The van der Waals surface area contributed by atoms with Gasteiger partial charge in [-0.1, -0.05) is 22.9 Å². The molecule has 2 heterocycles. The number of aryl methyl sites for hydroxylation is 1. The molecule has 2 aromatic heterocycles. The average Bonchev–Trinajstić information content (AvgIpc) is 3.25. The first-order valence-electron chi connectivity index (χ1n) is 10.4. The molecule has 0 unspecified atom stereocenters. The molecule has 0 fully saturated rings. The number of halogens is 3. The van der Waals surface area contributed by atoms with Crippen LogP contribution in [0.3, 0.4) is 0 Å². The van der Waals surface area contributed by atoms with Crippen LogP contribution in [0.15, 0.2) is 59.6 Å². The second-order valence-corrected chi connectivity index (χ2v) is 8.65. The maximum absolute atomic E-state index is 13.6. The maximum Gasteiger partial charge on any atom is 0.248 e. The smallest absolute Gasteiger partial charge is 0.248 e. The van der Waals surface area contributed by atoms with E-state index in [4.69, 9.17) is 16.3 Å². The van der Waals surface area contributed by atoms with E-state index in [9.17, 15) is 14.4 Å². The van der Waals surface area contributed by atoms with Gasteiger partial charge in [-0.05, 0) is 30.3 Å². The zero-order valence-corrected chi connectivity index (χ0v) is 22.3. The zero-order chi connectivity index (χ0) is 24.9. The molecule has 0 aliphatic carbocycles. The molecule has 0 aliphatic rings. The van der Waals surface area contributed by atoms with Gasteiger partial charge in [0.25, 0.3) is 0 Å². The number of rotatable bonds is 7. The van der Waals surface area contributed by atoms with Gasteiger partial charge in [0.1, 0.15) is 17.6 Å². The molecule has 11 heteroatoms. The van der Waals surface area contributed by atoms with Gasteiger partial charge in [0.2, 0.25) is 11.4 Å². The molecule has 0 atom stereocenters. The minimum Gasteiger partial charge on any atom is -1.00 e. The lowest BCUT2D eigenvalue weighted by Crippen LogP contribution is -3.00. The summed E-state index contributed by atoms with van der Waals surface area (Å²) in [6.07, 6.45) is 4.65. The highest BCUT2D eigenvalue weighted by molar-refractivity contribution is 7.07. The second kappa shape index (κ2) is 11.9. The van der Waals surface area contributed by atoms with Gasteiger partial charge < -0.3 is 32.4 Å². The Morgan fingerprint density at radius 1 is 1.36 bits per heavy atom. The Morgan fingerprint density at radius 3 is 2.83 bits per heavy atom. The molecule has 7 nitrogen and oxygen atoms in total. The van der Waals surface area contributed by atoms with Crippen LogP contribution < -0.4 is 36.9 Å². The number of nitrogens with zero attached hydrogens (tertiary/aromatic N) is 3. The fourth-order valence-corrected chi connectivity index (χ4v) is 4.39. The highest BCUT2D eigenvalue weighted by Crippen LogP contribution is 2.36. The van der Waals surface area contributed by atoms with E-state index in [0.717, 1.165) is 5.69 Å². The molecular weight excluding hydrogens is 569 g/mol. The lowest BCUT2D eigenvalue weighted by molar-refractivity contribution is -0.688. The number of pyridine rings is 1. The second-order valence-electron chi connectivity index (χ2n) is 7.53. The van der Waals surface area contributed by atoms with Gasteiger partial charge in [-0.15, -0.1) is 0 Å². The van der Waals surface area contributed by atoms with Crippen molar-refractivity contribution in [2.75, 3.05) is 17.7 Å². The largest absolute Gasteiger partial charge is 1.00 e. The summed E-state index contributed by atoms with van der Waals surface area (Å²) < 4.78 is 21.1. The van der Waals surface area contributed by atoms with Gasteiger partial charge in [-0.2, -0.15) is 9.83 Å². The van der Waals surface area contributed by atoms with Crippen molar-refractivity contribution in [2.45, 2.75) is 13.5 Å². The van der Waals surface area contributed by atoms with Crippen LogP contribution in [0.5, 0.6) is 5.75 Å². The first kappa shape index (κ1) is 27.1. The van der Waals surface area contributed by atoms with E-state index in [2.05, 4.69) is 21.7 Å². The first-order valence-corrected chi connectivity index (χ1v) is 11.7. The van der Waals surface area contributed by atoms with Crippen molar-refractivity contribution >= 4 is 56.8 Å². The van der Waals surface area contributed by atoms with Crippen molar-refractivity contribution in [3.63, 3.8) is 0 Å². The summed E-state index contributed by atoms with van der Waals surface area (Å²) in [5, 5.41) is 18.1. The molecule has 0 aliphatic heterocycles. The number of hydrogen-bond donors (Lipinski definition) is 2. The number of ether oxygens (including phenoxy) is 1. The maximum atomic E-state index is 13.6. The number of amides is 1. The van der Waals surface area contributed by atoms with E-state index in [1.54, 1.807) is 29.5 Å². The van der Waals surface area contributed by atoms with Crippen molar-refractivity contribution in [3.8, 4) is 11.8 Å². The zero-order valence-electron chi connectivity index (χ0n) is 19.2. The Bertz CT molecular complexity index is 1500. The molecule has 36 heavy (non-hydrogen) atoms. The van der Waals surface area contributed by atoms with Crippen molar-refractivity contribution in [1.82, 2.24) is 4.98 Å². The number of carbonyl (C=O) groups excluding carboxylic acids is 1. The van der Waals surface area contributed by atoms with Crippen molar-refractivity contribution in [3.05, 3.63) is 81.7 Å². The minimum atomic E-state index is -0.548. The summed E-state index contributed by atoms with van der Waals surface area (Å²) in [5.41, 5.74) is 5.24. The molecule has 1 amide bonds. The summed E-state index contributed by atoms with van der Waals surface area (Å²) >= 11 is 7.50. The highest BCUT2D eigenvalue weighted by Gasteiger charge is 2.15. The Balaban J connectivity index is 0.00000361. The summed E-state index contributed by atoms with van der Waals surface area (Å²) in [6, 6.07) is 9.63. The quantitative estimate of drug-likeness (QED) is 0.256. The van der Waals surface area contributed by atoms with Crippen LogP contribution in [0.2, 0.25) is 5.02 Å². The van der Waals surface area contributed by atoms with E-state index in [1.165, 1.54) is 37.6 Å². The molecule has 0 spiro atoms. The van der Waals surface area contributed by atoms with Gasteiger partial charge >= 0.3 is 0 Å². The number of anilines is 3. The average molecular weight is 589 g/mol. The number of aromatic nitrogens is 2. The molecule has 0 saturated heterocycles. The van der Waals surface area contributed by atoms with Crippen molar-refractivity contribution in [1.29, 1.82) is 5.26 Å². The SMILES string of the molecule is COc1cc2ncc(C#N)c(Nc3ccc(F)c(Cl)c3)c2cc1NC(=O)/C=C/C[n+]1cscc1C.[Br-]. The van der Waals surface area contributed by atoms with Crippen molar-refractivity contribution in [2.24, 2.45) is 0 Å². The van der Waals surface area contributed by atoms with Crippen LogP contribution in [-0.2, 0) is 11.3 Å². The predicted molar refractivity (Wildman–Crippen MR) is 135 cm³/mol. The number of nitrogens with one attached hydrogen (secondary N) is 2. The Hall–Kier alpha value is -3.52. The number of carbonyl (C=O) groups is 1. The molecule has 0 radical (unpaired) electrons. The summed E-state index contributed by atoms with van der Waals surface area (Å²) in [6.45, 7) is 2.57. The van der Waals surface area contributed by atoms with Gasteiger partial charge in [-0.3, -0.25) is 9.78 Å². The van der Waals surface area contributed by atoms with E-state index in [0.29, 0.717) is 40.3 Å². The van der Waals surface area contributed by atoms with Gasteiger partial charge in [-0.25, -0.2) is 4.39 Å². The fourth-order valence-electron chi connectivity index (χ4n) is 3.41. The number of hydrogen-bond acceptors (Lipinski definition) is 6. The topological polar surface area (TPSA) is 90.9 Å². The normalized spacial score (nSPS) is 10.6. The van der Waals surface area contributed by atoms with E-state index >= 15 is 0 Å². The van der Waals surface area contributed by atoms with Gasteiger partial charge in [0.15, 0.2) is 12.2 Å². The Kier molecular flexibility index (Phi) is 8.98. The lowest BCUT2D eigenvalue weighted by atomic mass is 10.1. The monoisotopic (exact) mass is 587 g/mol. The lowest BCUT2D eigenvalue weighted by Gasteiger charge is -2.15. The van der Waals surface area contributed by atoms with Crippen LogP contribution >= 0.6 is 22.9 Å². The highest BCUT2D eigenvalue weighted by atomic mass is 79.9.